The molecule has 0 spiro atoms. The number of likely N-dealkylation sites (tertiary alicyclic amines) is 1. The number of anilines is 1. The van der Waals surface area contributed by atoms with Crippen molar-refractivity contribution in [3.05, 3.63) is 23.3 Å². The van der Waals surface area contributed by atoms with Gasteiger partial charge in [0.2, 0.25) is 0 Å². The molecule has 152 valence electrons. The van der Waals surface area contributed by atoms with Crippen molar-refractivity contribution in [3.63, 3.8) is 0 Å². The van der Waals surface area contributed by atoms with Crippen molar-refractivity contribution < 1.29 is 18.7 Å². The van der Waals surface area contributed by atoms with Gasteiger partial charge >= 0.3 is 0 Å². The Morgan fingerprint density at radius 2 is 2.04 bits per heavy atom. The molecular weight excluding hydrogens is 368 g/mol. The normalized spacial score (nSPS) is 16.9. The molecule has 0 aliphatic carbocycles. The SMILES string of the molecule is Cc1cc(CNCCC2CCN(C)CC2)cc(O)c1NCC(=O)NS(=O)O. The number of hydrogen-bond donors (Lipinski definition) is 5. The predicted octanol–water partition coefficient (Wildman–Crippen LogP) is 1.19. The van der Waals surface area contributed by atoms with Crippen molar-refractivity contribution in [1.29, 1.82) is 0 Å². The Kier molecular flexibility index (Phi) is 8.49. The molecule has 9 heteroatoms. The number of carbonyl (C=O) groups excluding carboxylic acids is 1. The van der Waals surface area contributed by atoms with Crippen LogP contribution in [0, 0.1) is 12.8 Å². The van der Waals surface area contributed by atoms with E-state index in [1.165, 1.54) is 32.4 Å². The fourth-order valence-electron chi connectivity index (χ4n) is 3.37. The van der Waals surface area contributed by atoms with Gasteiger partial charge in [-0.2, -0.15) is 0 Å². The Morgan fingerprint density at radius 1 is 1.33 bits per heavy atom. The highest BCUT2D eigenvalue weighted by Gasteiger charge is 2.16. The van der Waals surface area contributed by atoms with E-state index in [1.54, 1.807) is 6.07 Å². The van der Waals surface area contributed by atoms with Crippen LogP contribution in [0.15, 0.2) is 12.1 Å². The lowest BCUT2D eigenvalue weighted by Gasteiger charge is -2.28. The van der Waals surface area contributed by atoms with Gasteiger partial charge in [-0.1, -0.05) is 6.07 Å². The van der Waals surface area contributed by atoms with E-state index in [1.807, 2.05) is 17.7 Å². The zero-order valence-corrected chi connectivity index (χ0v) is 16.8. The first-order chi connectivity index (χ1) is 12.8. The third kappa shape index (κ3) is 7.45. The highest BCUT2D eigenvalue weighted by atomic mass is 32.2. The van der Waals surface area contributed by atoms with Crippen molar-refractivity contribution in [2.45, 2.75) is 32.7 Å². The van der Waals surface area contributed by atoms with Crippen LogP contribution in [0.2, 0.25) is 0 Å². The molecule has 1 amide bonds. The van der Waals surface area contributed by atoms with Crippen LogP contribution in [0.5, 0.6) is 5.75 Å². The lowest BCUT2D eigenvalue weighted by molar-refractivity contribution is -0.117. The van der Waals surface area contributed by atoms with E-state index in [-0.39, 0.29) is 12.3 Å². The van der Waals surface area contributed by atoms with Gasteiger partial charge in [0.05, 0.1) is 12.2 Å². The van der Waals surface area contributed by atoms with Gasteiger partial charge in [0.25, 0.3) is 17.2 Å². The summed E-state index contributed by atoms with van der Waals surface area (Å²) in [6, 6.07) is 3.62. The second-order valence-electron chi connectivity index (χ2n) is 7.15. The van der Waals surface area contributed by atoms with Gasteiger partial charge in [0, 0.05) is 6.54 Å². The molecule has 2 rings (SSSR count). The molecule has 1 aromatic carbocycles. The average Bonchev–Trinajstić information content (AvgIpc) is 2.59. The van der Waals surface area contributed by atoms with Crippen molar-refractivity contribution in [3.8, 4) is 5.75 Å². The summed E-state index contributed by atoms with van der Waals surface area (Å²) >= 11 is -2.39. The van der Waals surface area contributed by atoms with Crippen LogP contribution in [0.1, 0.15) is 30.4 Å². The summed E-state index contributed by atoms with van der Waals surface area (Å²) in [4.78, 5) is 13.8. The summed E-state index contributed by atoms with van der Waals surface area (Å²) in [5.41, 5.74) is 2.23. The van der Waals surface area contributed by atoms with E-state index >= 15 is 0 Å². The highest BCUT2D eigenvalue weighted by Crippen LogP contribution is 2.28. The van der Waals surface area contributed by atoms with Crippen molar-refractivity contribution >= 4 is 22.9 Å². The zero-order chi connectivity index (χ0) is 19.8. The van der Waals surface area contributed by atoms with E-state index in [0.29, 0.717) is 12.2 Å². The summed E-state index contributed by atoms with van der Waals surface area (Å²) < 4.78 is 21.0. The minimum Gasteiger partial charge on any atom is -0.506 e. The van der Waals surface area contributed by atoms with Gasteiger partial charge in [0.1, 0.15) is 5.75 Å². The van der Waals surface area contributed by atoms with Crippen LogP contribution < -0.4 is 15.4 Å². The molecule has 1 aromatic rings. The first-order valence-electron chi connectivity index (χ1n) is 9.21. The molecular formula is C18H30N4O4S. The van der Waals surface area contributed by atoms with Gasteiger partial charge in [-0.15, -0.1) is 0 Å². The third-order valence-corrected chi connectivity index (χ3v) is 5.30. The molecule has 27 heavy (non-hydrogen) atoms. The number of aryl methyl sites for hydroxylation is 1. The van der Waals surface area contributed by atoms with Gasteiger partial charge in [-0.25, -0.2) is 4.21 Å². The number of hydrogen-bond acceptors (Lipinski definition) is 6. The number of amides is 1. The number of phenols is 1. The molecule has 0 aromatic heterocycles. The molecule has 1 unspecified atom stereocenters. The Bertz CT molecular complexity index is 640. The second kappa shape index (κ2) is 10.6. The fourth-order valence-corrected chi connectivity index (χ4v) is 3.63. The van der Waals surface area contributed by atoms with E-state index in [4.69, 9.17) is 4.55 Å². The van der Waals surface area contributed by atoms with E-state index in [2.05, 4.69) is 22.6 Å². The van der Waals surface area contributed by atoms with Crippen molar-refractivity contribution in [2.75, 3.05) is 38.5 Å². The first-order valence-corrected chi connectivity index (χ1v) is 10.3. The number of aromatic hydroxyl groups is 1. The molecule has 1 fully saturated rings. The first kappa shape index (κ1) is 21.6. The molecule has 1 heterocycles. The monoisotopic (exact) mass is 398 g/mol. The number of benzene rings is 1. The summed E-state index contributed by atoms with van der Waals surface area (Å²) in [6.07, 6.45) is 3.69. The fraction of sp³-hybridized carbons (Fsp3) is 0.611. The topological polar surface area (TPSA) is 114 Å². The summed E-state index contributed by atoms with van der Waals surface area (Å²) in [6.45, 7) is 5.62. The van der Waals surface area contributed by atoms with Gasteiger partial charge in [0.15, 0.2) is 0 Å². The largest absolute Gasteiger partial charge is 0.506 e. The highest BCUT2D eigenvalue weighted by molar-refractivity contribution is 7.77. The number of rotatable bonds is 9. The lowest BCUT2D eigenvalue weighted by Crippen LogP contribution is -2.31. The van der Waals surface area contributed by atoms with E-state index in [0.717, 1.165) is 23.6 Å². The average molecular weight is 399 g/mol. The maximum absolute atomic E-state index is 11.4. The minimum absolute atomic E-state index is 0.0556. The predicted molar refractivity (Wildman–Crippen MR) is 107 cm³/mol. The van der Waals surface area contributed by atoms with Gasteiger partial charge in [-0.3, -0.25) is 14.1 Å². The second-order valence-corrected chi connectivity index (χ2v) is 7.85. The minimum atomic E-state index is -2.39. The molecule has 0 bridgehead atoms. The molecule has 1 saturated heterocycles. The van der Waals surface area contributed by atoms with E-state index < -0.39 is 17.2 Å². The van der Waals surface area contributed by atoms with Crippen LogP contribution in [-0.4, -0.2) is 57.9 Å². The third-order valence-electron chi connectivity index (χ3n) is 4.90. The Hall–Kier alpha value is -1.68. The summed E-state index contributed by atoms with van der Waals surface area (Å²) in [5, 5.41) is 16.4. The van der Waals surface area contributed by atoms with E-state index in [9.17, 15) is 14.1 Å². The number of nitrogens with one attached hydrogen (secondary N) is 3. The van der Waals surface area contributed by atoms with Crippen LogP contribution in [0.3, 0.4) is 0 Å². The lowest BCUT2D eigenvalue weighted by atomic mass is 9.94. The van der Waals surface area contributed by atoms with Crippen molar-refractivity contribution in [1.82, 2.24) is 14.9 Å². The number of nitrogens with zero attached hydrogens (tertiary/aromatic N) is 1. The molecule has 0 radical (unpaired) electrons. The zero-order valence-electron chi connectivity index (χ0n) is 16.0. The van der Waals surface area contributed by atoms with Crippen LogP contribution >= 0.6 is 0 Å². The number of carbonyl (C=O) groups is 1. The molecule has 1 atom stereocenters. The van der Waals surface area contributed by atoms with Gasteiger partial charge < -0.3 is 20.6 Å². The Labute approximate surface area is 163 Å². The maximum atomic E-state index is 11.4. The standard InChI is InChI=1S/C18H30N4O4S/c1-13-9-15(11-19-6-3-14-4-7-22(2)8-5-14)10-16(23)18(13)20-12-17(24)21-27(25)26/h9-10,14,19-20,23H,3-8,11-12H2,1-2H3,(H,21,24)(H,25,26). The van der Waals surface area contributed by atoms with Crippen molar-refractivity contribution in [2.24, 2.45) is 5.92 Å². The molecule has 8 nitrogen and oxygen atoms in total. The van der Waals surface area contributed by atoms with Crippen LogP contribution in [0.4, 0.5) is 5.69 Å². The van der Waals surface area contributed by atoms with Crippen LogP contribution in [-0.2, 0) is 22.6 Å². The summed E-state index contributed by atoms with van der Waals surface area (Å²) in [5.74, 6) is 0.212. The summed E-state index contributed by atoms with van der Waals surface area (Å²) in [7, 11) is 2.17. The quantitative estimate of drug-likeness (QED) is 0.241. The number of phenolic OH excluding ortho intramolecular Hbond substituents is 1. The maximum Gasteiger partial charge on any atom is 0.261 e. The van der Waals surface area contributed by atoms with Gasteiger partial charge in [-0.05, 0) is 76.0 Å². The van der Waals surface area contributed by atoms with Crippen LogP contribution in [0.25, 0.3) is 0 Å². The smallest absolute Gasteiger partial charge is 0.261 e. The molecule has 0 saturated carbocycles. The Morgan fingerprint density at radius 3 is 2.67 bits per heavy atom. The number of piperidine rings is 1. The molecule has 5 N–H and O–H groups in total. The Balaban J connectivity index is 1.78. The molecule has 1 aliphatic rings. The molecule has 1 aliphatic heterocycles.